The largest absolute Gasteiger partial charge is 0.390 e. The molecule has 4 nitrogen and oxygen atoms in total. The molecule has 7 heteroatoms. The topological polar surface area (TPSA) is 39.7 Å². The molecule has 0 unspecified atom stereocenters. The van der Waals surface area contributed by atoms with Gasteiger partial charge in [-0.15, -0.1) is 0 Å². The van der Waals surface area contributed by atoms with Crippen LogP contribution in [0.3, 0.4) is 0 Å². The summed E-state index contributed by atoms with van der Waals surface area (Å²) in [5.41, 5.74) is 2.09. The van der Waals surface area contributed by atoms with Gasteiger partial charge in [0.1, 0.15) is 0 Å². The second-order valence-corrected chi connectivity index (χ2v) is 4.78. The minimum Gasteiger partial charge on any atom is -0.378 e. The smallest absolute Gasteiger partial charge is 0.378 e. The molecule has 1 rings (SSSR count). The molecule has 0 spiro atoms. The first kappa shape index (κ1) is 17.1. The summed E-state index contributed by atoms with van der Waals surface area (Å²) in [6.45, 7) is 0.300. The zero-order valence-electron chi connectivity index (χ0n) is 12.5. The summed E-state index contributed by atoms with van der Waals surface area (Å²) in [6.07, 6.45) is -5.05. The lowest BCUT2D eigenvalue weighted by Crippen LogP contribution is -2.38. The van der Waals surface area contributed by atoms with Gasteiger partial charge in [-0.2, -0.15) is 13.2 Å². The molecule has 0 aromatic heterocycles. The van der Waals surface area contributed by atoms with Crippen LogP contribution in [-0.2, 0) is 6.54 Å². The molecule has 0 aliphatic rings. The van der Waals surface area contributed by atoms with E-state index in [2.05, 4.69) is 15.6 Å². The number of alkyl halides is 3. The Morgan fingerprint density at radius 1 is 1.24 bits per heavy atom. The summed E-state index contributed by atoms with van der Waals surface area (Å²) < 4.78 is 36.2. The fourth-order valence-electron chi connectivity index (χ4n) is 1.67. The van der Waals surface area contributed by atoms with Crippen molar-refractivity contribution in [3.05, 3.63) is 29.8 Å². The van der Waals surface area contributed by atoms with E-state index in [1.165, 1.54) is 7.05 Å². The number of hydrogen-bond donors (Lipinski definition) is 2. The van der Waals surface area contributed by atoms with E-state index in [4.69, 9.17) is 0 Å². The zero-order valence-corrected chi connectivity index (χ0v) is 12.5. The van der Waals surface area contributed by atoms with Crippen molar-refractivity contribution in [1.29, 1.82) is 0 Å². The van der Waals surface area contributed by atoms with E-state index in [9.17, 15) is 13.2 Å². The molecule has 0 saturated heterocycles. The van der Waals surface area contributed by atoms with Crippen LogP contribution in [-0.4, -0.2) is 39.8 Å². The van der Waals surface area contributed by atoms with Gasteiger partial charge in [-0.1, -0.05) is 12.1 Å². The molecule has 0 heterocycles. The van der Waals surface area contributed by atoms with Gasteiger partial charge in [-0.25, -0.2) is 0 Å². The van der Waals surface area contributed by atoms with Crippen LogP contribution in [0.25, 0.3) is 0 Å². The zero-order chi connectivity index (χ0) is 15.9. The molecule has 0 radical (unpaired) electrons. The normalized spacial score (nSPS) is 12.2. The Morgan fingerprint density at radius 2 is 1.95 bits per heavy atom. The number of benzene rings is 1. The van der Waals surface area contributed by atoms with Crippen LogP contribution in [0.5, 0.6) is 0 Å². The van der Waals surface area contributed by atoms with Crippen LogP contribution in [0.1, 0.15) is 12.0 Å². The Hall–Kier alpha value is -1.92. The lowest BCUT2D eigenvalue weighted by atomic mass is 10.2. The molecule has 1 aromatic carbocycles. The van der Waals surface area contributed by atoms with Crippen molar-refractivity contribution in [3.63, 3.8) is 0 Å². The predicted molar refractivity (Wildman–Crippen MR) is 79.6 cm³/mol. The second kappa shape index (κ2) is 7.75. The molecule has 21 heavy (non-hydrogen) atoms. The maximum atomic E-state index is 12.1. The Kier molecular flexibility index (Phi) is 6.33. The van der Waals surface area contributed by atoms with Crippen molar-refractivity contribution in [1.82, 2.24) is 10.6 Å². The van der Waals surface area contributed by atoms with Crippen LogP contribution >= 0.6 is 0 Å². The van der Waals surface area contributed by atoms with Gasteiger partial charge in [0.2, 0.25) is 0 Å². The summed E-state index contributed by atoms with van der Waals surface area (Å²) >= 11 is 0. The fourth-order valence-corrected chi connectivity index (χ4v) is 1.67. The fraction of sp³-hybridized carbons (Fsp3) is 0.500. The van der Waals surface area contributed by atoms with E-state index in [0.717, 1.165) is 11.3 Å². The van der Waals surface area contributed by atoms with Crippen molar-refractivity contribution in [2.45, 2.75) is 19.1 Å². The van der Waals surface area contributed by atoms with Gasteiger partial charge in [0.15, 0.2) is 5.96 Å². The molecule has 0 aliphatic carbocycles. The Bertz CT molecular complexity index is 470. The van der Waals surface area contributed by atoms with Gasteiger partial charge in [-0.05, 0) is 17.7 Å². The van der Waals surface area contributed by atoms with Crippen molar-refractivity contribution in [2.75, 3.05) is 32.6 Å². The van der Waals surface area contributed by atoms with Crippen molar-refractivity contribution in [3.8, 4) is 0 Å². The maximum Gasteiger partial charge on any atom is 0.390 e. The molecule has 0 bridgehead atoms. The molecule has 1 aromatic rings. The Morgan fingerprint density at radius 3 is 2.52 bits per heavy atom. The summed E-state index contributed by atoms with van der Waals surface area (Å²) in [7, 11) is 5.42. The number of aliphatic imine (C=N–C) groups is 1. The van der Waals surface area contributed by atoms with E-state index in [0.29, 0.717) is 12.5 Å². The first-order valence-electron chi connectivity index (χ1n) is 6.59. The highest BCUT2D eigenvalue weighted by Gasteiger charge is 2.26. The average Bonchev–Trinajstić information content (AvgIpc) is 2.41. The van der Waals surface area contributed by atoms with E-state index in [1.807, 2.05) is 43.3 Å². The molecule has 118 valence electrons. The third-order valence-electron chi connectivity index (χ3n) is 2.81. The number of halogens is 3. The van der Waals surface area contributed by atoms with Crippen LogP contribution in [0.15, 0.2) is 29.3 Å². The van der Waals surface area contributed by atoms with Gasteiger partial charge in [0.05, 0.1) is 6.42 Å². The number of hydrogen-bond acceptors (Lipinski definition) is 2. The first-order valence-corrected chi connectivity index (χ1v) is 6.59. The third kappa shape index (κ3) is 6.87. The van der Waals surface area contributed by atoms with Crippen molar-refractivity contribution in [2.24, 2.45) is 4.99 Å². The number of nitrogens with zero attached hydrogens (tertiary/aromatic N) is 2. The highest BCUT2D eigenvalue weighted by atomic mass is 19.4. The number of rotatable bonds is 5. The molecule has 0 aliphatic heterocycles. The molecular formula is C14H21F3N4. The van der Waals surface area contributed by atoms with E-state index in [1.54, 1.807) is 0 Å². The number of nitrogens with one attached hydrogen (secondary N) is 2. The molecule has 0 amide bonds. The van der Waals surface area contributed by atoms with E-state index in [-0.39, 0.29) is 6.54 Å². The molecule has 0 atom stereocenters. The maximum absolute atomic E-state index is 12.1. The van der Waals surface area contributed by atoms with E-state index < -0.39 is 12.6 Å². The van der Waals surface area contributed by atoms with Gasteiger partial charge in [0.25, 0.3) is 0 Å². The van der Waals surface area contributed by atoms with Crippen molar-refractivity contribution < 1.29 is 13.2 Å². The Balaban J connectivity index is 2.47. The Labute approximate surface area is 123 Å². The minimum absolute atomic E-state index is 0.194. The van der Waals surface area contributed by atoms with Gasteiger partial charge < -0.3 is 15.5 Å². The monoisotopic (exact) mass is 302 g/mol. The van der Waals surface area contributed by atoms with Gasteiger partial charge in [-0.3, -0.25) is 4.99 Å². The SMILES string of the molecule is CN=C(NCCC(F)(F)F)NCc1cccc(N(C)C)c1. The second-order valence-electron chi connectivity index (χ2n) is 4.78. The van der Waals surface area contributed by atoms with Crippen molar-refractivity contribution >= 4 is 11.6 Å². The lowest BCUT2D eigenvalue weighted by molar-refractivity contribution is -0.132. The molecular weight excluding hydrogens is 281 g/mol. The molecule has 0 saturated carbocycles. The predicted octanol–water partition coefficient (Wildman–Crippen LogP) is 2.37. The molecule has 0 fully saturated rings. The summed E-state index contributed by atoms with van der Waals surface area (Å²) in [5, 5.41) is 5.63. The van der Waals surface area contributed by atoms with Gasteiger partial charge >= 0.3 is 6.18 Å². The van der Waals surface area contributed by atoms with Crippen LogP contribution in [0.2, 0.25) is 0 Å². The van der Waals surface area contributed by atoms with Crippen LogP contribution < -0.4 is 15.5 Å². The summed E-state index contributed by atoms with van der Waals surface area (Å²) in [4.78, 5) is 5.88. The average molecular weight is 302 g/mol. The van der Waals surface area contributed by atoms with Crippen LogP contribution in [0, 0.1) is 0 Å². The van der Waals surface area contributed by atoms with Crippen LogP contribution in [0.4, 0.5) is 18.9 Å². The third-order valence-corrected chi connectivity index (χ3v) is 2.81. The number of anilines is 1. The standard InChI is InChI=1S/C14H21F3N4/c1-18-13(19-8-7-14(15,16)17)20-10-11-5-4-6-12(9-11)21(2)3/h4-6,9H,7-8,10H2,1-3H3,(H2,18,19,20). The van der Waals surface area contributed by atoms with Gasteiger partial charge in [0, 0.05) is 39.9 Å². The lowest BCUT2D eigenvalue weighted by Gasteiger charge is -2.15. The first-order chi connectivity index (χ1) is 9.81. The molecule has 2 N–H and O–H groups in total. The summed E-state index contributed by atoms with van der Waals surface area (Å²) in [5.74, 6) is 0.356. The summed E-state index contributed by atoms with van der Waals surface area (Å²) in [6, 6.07) is 7.88. The minimum atomic E-state index is -4.16. The van der Waals surface area contributed by atoms with E-state index >= 15 is 0 Å². The quantitative estimate of drug-likeness (QED) is 0.648. The highest BCUT2D eigenvalue weighted by molar-refractivity contribution is 5.79. The highest BCUT2D eigenvalue weighted by Crippen LogP contribution is 2.18. The number of guanidine groups is 1.